The van der Waals surface area contributed by atoms with Gasteiger partial charge in [-0.3, -0.25) is 24.0 Å². The standard InChI is InChI=1S/C50H75N7O10/c1-33(2)28-37(54-41(59)38(29-34-18-12-10-13-19-34)55-42(60)39(30-35-20-14-11-15-21-35)56-46(64)67-48(6,7)8)40(58)53-36(22-16-17-25-52-45(63)66-47(3,4)5)43(61)57-26-23-49(24-27-57)31-50(51,32-49)44(62)65-9/h10-15,18-21,33,36-39H,16-17,22-32,51H2,1-9H3,(H,52,63)(H,53,58)(H,54,59)(H,55,60)(H,56,64). The number of hydrogen-bond acceptors (Lipinski definition) is 11. The largest absolute Gasteiger partial charge is 0.468 e. The number of methoxy groups -OCH3 is 1. The SMILES string of the molecule is COC(=O)C1(N)CC2(CCN(C(=O)C(CCCCNC(=O)OC(C)(C)C)NC(=O)C(CC(C)C)NC(=O)C(Cc3ccccc3)NC(=O)C(Cc3ccccc3)NC(=O)OC(C)(C)C)CC2)C1. The minimum Gasteiger partial charge on any atom is -0.468 e. The molecule has 370 valence electrons. The first-order valence-corrected chi connectivity index (χ1v) is 23.5. The Morgan fingerprint density at radius 2 is 1.12 bits per heavy atom. The quantitative estimate of drug-likeness (QED) is 0.0598. The summed E-state index contributed by atoms with van der Waals surface area (Å²) in [6, 6.07) is 13.9. The van der Waals surface area contributed by atoms with Crippen molar-refractivity contribution in [2.75, 3.05) is 26.7 Å². The van der Waals surface area contributed by atoms with E-state index < -0.39 is 76.8 Å². The molecule has 17 nitrogen and oxygen atoms in total. The third-order valence-corrected chi connectivity index (χ3v) is 11.9. The summed E-state index contributed by atoms with van der Waals surface area (Å²) in [7, 11) is 1.32. The molecule has 7 N–H and O–H groups in total. The first kappa shape index (κ1) is 53.9. The Labute approximate surface area is 396 Å². The van der Waals surface area contributed by atoms with Gasteiger partial charge in [-0.05, 0) is 115 Å². The molecule has 0 radical (unpaired) electrons. The monoisotopic (exact) mass is 934 g/mol. The fourth-order valence-electron chi connectivity index (χ4n) is 8.73. The summed E-state index contributed by atoms with van der Waals surface area (Å²) in [4.78, 5) is 96.7. The normalized spacial score (nSPS) is 17.1. The van der Waals surface area contributed by atoms with Crippen LogP contribution in [0, 0.1) is 11.3 Å². The Morgan fingerprint density at radius 3 is 1.61 bits per heavy atom. The van der Waals surface area contributed by atoms with Crippen molar-refractivity contribution in [1.29, 1.82) is 0 Å². The number of piperidine rings is 1. The molecule has 1 saturated carbocycles. The van der Waals surface area contributed by atoms with Gasteiger partial charge in [0.15, 0.2) is 0 Å². The van der Waals surface area contributed by atoms with E-state index in [1.807, 2.05) is 74.5 Å². The maximum Gasteiger partial charge on any atom is 0.408 e. The lowest BCUT2D eigenvalue weighted by molar-refractivity contribution is -0.161. The third kappa shape index (κ3) is 17.5. The highest BCUT2D eigenvalue weighted by Gasteiger charge is 2.58. The van der Waals surface area contributed by atoms with Gasteiger partial charge >= 0.3 is 18.2 Å². The molecule has 1 aliphatic carbocycles. The van der Waals surface area contributed by atoms with Crippen LogP contribution >= 0.6 is 0 Å². The molecule has 1 aliphatic heterocycles. The van der Waals surface area contributed by atoms with Gasteiger partial charge in [0.1, 0.15) is 40.9 Å². The van der Waals surface area contributed by atoms with E-state index in [2.05, 4.69) is 26.6 Å². The number of carbonyl (C=O) groups excluding carboxylic acids is 7. The number of alkyl carbamates (subject to hydrolysis) is 2. The van der Waals surface area contributed by atoms with Gasteiger partial charge in [-0.2, -0.15) is 0 Å². The molecule has 4 atom stereocenters. The second-order valence-corrected chi connectivity index (χ2v) is 20.6. The van der Waals surface area contributed by atoms with Crippen LogP contribution < -0.4 is 32.3 Å². The minimum atomic E-state index is -1.18. The molecular formula is C50H75N7O10. The maximum absolute atomic E-state index is 14.4. The minimum absolute atomic E-state index is 0.0682. The number of ether oxygens (including phenoxy) is 3. The van der Waals surface area contributed by atoms with Gasteiger partial charge in [-0.15, -0.1) is 0 Å². The molecule has 1 spiro atoms. The Balaban J connectivity index is 1.53. The van der Waals surface area contributed by atoms with Crippen molar-refractivity contribution in [1.82, 2.24) is 31.5 Å². The Morgan fingerprint density at radius 1 is 0.657 bits per heavy atom. The van der Waals surface area contributed by atoms with Crippen LogP contribution in [0.25, 0.3) is 0 Å². The van der Waals surface area contributed by atoms with E-state index in [1.54, 1.807) is 46.4 Å². The van der Waals surface area contributed by atoms with Crippen molar-refractivity contribution in [3.63, 3.8) is 0 Å². The molecular weight excluding hydrogens is 859 g/mol. The molecule has 0 aromatic heterocycles. The topological polar surface area (TPSA) is 237 Å². The highest BCUT2D eigenvalue weighted by Crippen LogP contribution is 2.54. The molecule has 6 amide bonds. The molecule has 67 heavy (non-hydrogen) atoms. The summed E-state index contributed by atoms with van der Waals surface area (Å²) < 4.78 is 15.8. The van der Waals surface area contributed by atoms with Crippen molar-refractivity contribution in [2.24, 2.45) is 17.1 Å². The zero-order valence-corrected chi connectivity index (χ0v) is 41.0. The van der Waals surface area contributed by atoms with Crippen molar-refractivity contribution < 1.29 is 47.8 Å². The Kier molecular flexibility index (Phi) is 19.2. The van der Waals surface area contributed by atoms with Crippen LogP contribution in [0.15, 0.2) is 60.7 Å². The smallest absolute Gasteiger partial charge is 0.408 e. The number of amides is 6. The Bertz CT molecular complexity index is 1980. The van der Waals surface area contributed by atoms with Crippen LogP contribution in [0.2, 0.25) is 0 Å². The second kappa shape index (κ2) is 23.8. The van der Waals surface area contributed by atoms with Gasteiger partial charge in [0.05, 0.1) is 7.11 Å². The van der Waals surface area contributed by atoms with Crippen LogP contribution in [0.3, 0.4) is 0 Å². The number of likely N-dealkylation sites (tertiary alicyclic amines) is 1. The lowest BCUT2D eigenvalue weighted by Gasteiger charge is -2.56. The fourth-order valence-corrected chi connectivity index (χ4v) is 8.73. The molecule has 4 unspecified atom stereocenters. The number of benzene rings is 2. The first-order chi connectivity index (χ1) is 31.4. The average Bonchev–Trinajstić information content (AvgIpc) is 3.23. The number of rotatable bonds is 20. The predicted molar refractivity (Wildman–Crippen MR) is 253 cm³/mol. The Hall–Kier alpha value is -5.71. The second-order valence-electron chi connectivity index (χ2n) is 20.6. The number of carbonyl (C=O) groups is 7. The zero-order valence-electron chi connectivity index (χ0n) is 41.0. The lowest BCUT2D eigenvalue weighted by Crippen LogP contribution is -2.66. The van der Waals surface area contributed by atoms with Gasteiger partial charge in [-0.1, -0.05) is 74.5 Å². The van der Waals surface area contributed by atoms with Crippen LogP contribution in [-0.4, -0.2) is 114 Å². The highest BCUT2D eigenvalue weighted by atomic mass is 16.6. The molecule has 2 aromatic rings. The maximum atomic E-state index is 14.4. The average molecular weight is 934 g/mol. The van der Waals surface area contributed by atoms with Crippen molar-refractivity contribution in [3.8, 4) is 0 Å². The number of nitrogens with one attached hydrogen (secondary N) is 5. The first-order valence-electron chi connectivity index (χ1n) is 23.5. The van der Waals surface area contributed by atoms with E-state index in [0.29, 0.717) is 51.6 Å². The van der Waals surface area contributed by atoms with Gasteiger partial charge in [0.25, 0.3) is 0 Å². The summed E-state index contributed by atoms with van der Waals surface area (Å²) in [5.74, 6) is -2.62. The summed E-state index contributed by atoms with van der Waals surface area (Å²) in [6.45, 7) is 15.4. The molecule has 2 fully saturated rings. The number of hydrogen-bond donors (Lipinski definition) is 6. The van der Waals surface area contributed by atoms with E-state index >= 15 is 0 Å². The van der Waals surface area contributed by atoms with Gasteiger partial charge < -0.3 is 51.4 Å². The van der Waals surface area contributed by atoms with Crippen molar-refractivity contribution >= 4 is 41.8 Å². The number of esters is 1. The van der Waals surface area contributed by atoms with Gasteiger partial charge in [0.2, 0.25) is 23.6 Å². The molecule has 1 heterocycles. The number of unbranched alkanes of at least 4 members (excludes halogenated alkanes) is 1. The molecule has 2 aliphatic rings. The van der Waals surface area contributed by atoms with Crippen LogP contribution in [0.1, 0.15) is 118 Å². The lowest BCUT2D eigenvalue weighted by atomic mass is 9.54. The predicted octanol–water partition coefficient (Wildman–Crippen LogP) is 4.83. The summed E-state index contributed by atoms with van der Waals surface area (Å²) in [5.41, 5.74) is 5.13. The molecule has 4 rings (SSSR count). The van der Waals surface area contributed by atoms with Gasteiger partial charge in [0, 0.05) is 32.5 Å². The fraction of sp³-hybridized carbons (Fsp3) is 0.620. The van der Waals surface area contributed by atoms with E-state index in [-0.39, 0.29) is 49.5 Å². The van der Waals surface area contributed by atoms with Crippen molar-refractivity contribution in [3.05, 3.63) is 71.8 Å². The van der Waals surface area contributed by atoms with Crippen molar-refractivity contribution in [2.45, 2.75) is 161 Å². The summed E-state index contributed by atoms with van der Waals surface area (Å²) in [6.07, 6.45) is 2.45. The zero-order chi connectivity index (χ0) is 49.6. The van der Waals surface area contributed by atoms with E-state index in [0.717, 1.165) is 11.1 Å². The molecule has 0 bridgehead atoms. The van der Waals surface area contributed by atoms with E-state index in [4.69, 9.17) is 19.9 Å². The van der Waals surface area contributed by atoms with Gasteiger partial charge in [-0.25, -0.2) is 9.59 Å². The summed E-state index contributed by atoms with van der Waals surface area (Å²) in [5, 5.41) is 14.1. The van der Waals surface area contributed by atoms with E-state index in [1.165, 1.54) is 7.11 Å². The molecule has 1 saturated heterocycles. The number of nitrogens with zero attached hydrogens (tertiary/aromatic N) is 1. The van der Waals surface area contributed by atoms with Crippen LogP contribution in [-0.2, 0) is 51.0 Å². The molecule has 17 heteroatoms. The van der Waals surface area contributed by atoms with Crippen LogP contribution in [0.4, 0.5) is 9.59 Å². The molecule has 2 aromatic carbocycles. The number of nitrogens with two attached hydrogens (primary N) is 1. The highest BCUT2D eigenvalue weighted by molar-refractivity contribution is 5.95. The summed E-state index contributed by atoms with van der Waals surface area (Å²) >= 11 is 0. The third-order valence-electron chi connectivity index (χ3n) is 11.9. The van der Waals surface area contributed by atoms with Crippen LogP contribution in [0.5, 0.6) is 0 Å². The van der Waals surface area contributed by atoms with E-state index in [9.17, 15) is 33.6 Å².